The summed E-state index contributed by atoms with van der Waals surface area (Å²) in [7, 11) is 0. The Hall–Kier alpha value is -2.97. The second kappa shape index (κ2) is 18.9. The van der Waals surface area contributed by atoms with Crippen LogP contribution in [0.2, 0.25) is 0 Å². The van der Waals surface area contributed by atoms with E-state index in [2.05, 4.69) is 21.3 Å². The second-order valence-corrected chi connectivity index (χ2v) is 11.3. The molecule has 45 heavy (non-hydrogen) atoms. The normalized spacial score (nSPS) is 14.1. The Morgan fingerprint density at radius 2 is 0.711 bits per heavy atom. The van der Waals surface area contributed by atoms with E-state index in [4.69, 9.17) is 11.5 Å². The first kappa shape index (κ1) is 36.5. The molecule has 0 unspecified atom stereocenters. The number of nitrogens with zero attached hydrogens (tertiary/aromatic N) is 2. The smallest absolute Gasteiger partial charge is 0.261 e. The van der Waals surface area contributed by atoms with Crippen LogP contribution in [-0.4, -0.2) is 112 Å². The third kappa shape index (κ3) is 9.07. The zero-order valence-electron chi connectivity index (χ0n) is 26.1. The van der Waals surface area contributed by atoms with Crippen LogP contribution < -0.4 is 32.7 Å². The van der Waals surface area contributed by atoms with Gasteiger partial charge in [0.05, 0.1) is 0 Å². The quantitative estimate of drug-likeness (QED) is 0.0803. The van der Waals surface area contributed by atoms with Crippen molar-refractivity contribution in [3.8, 4) is 0 Å². The Kier molecular flexibility index (Phi) is 15.3. The van der Waals surface area contributed by atoms with Gasteiger partial charge in [0, 0.05) is 46.1 Å². The van der Waals surface area contributed by atoms with Gasteiger partial charge in [-0.1, -0.05) is 0 Å². The van der Waals surface area contributed by atoms with E-state index in [-0.39, 0.29) is 25.5 Å². The molecule has 0 aliphatic carbocycles. The summed E-state index contributed by atoms with van der Waals surface area (Å²) in [6, 6.07) is 6.49. The van der Waals surface area contributed by atoms with Crippen molar-refractivity contribution in [2.24, 2.45) is 11.5 Å². The number of amides is 4. The molecule has 0 radical (unpaired) electrons. The van der Waals surface area contributed by atoms with Gasteiger partial charge in [0.1, 0.15) is 0 Å². The lowest BCUT2D eigenvalue weighted by atomic mass is 9.86. The lowest BCUT2D eigenvalue weighted by molar-refractivity contribution is 0.0587. The summed E-state index contributed by atoms with van der Waals surface area (Å²) in [5.41, 5.74) is 12.4. The monoisotopic (exact) mass is 644 g/mol. The molecule has 0 saturated carbocycles. The van der Waals surface area contributed by atoms with Crippen molar-refractivity contribution in [1.82, 2.24) is 31.1 Å². The predicted molar refractivity (Wildman–Crippen MR) is 179 cm³/mol. The van der Waals surface area contributed by atoms with Crippen molar-refractivity contribution in [1.29, 1.82) is 0 Å². The minimum Gasteiger partial charge on any atom is -0.330 e. The molecule has 0 saturated heterocycles. The fraction of sp³-hybridized carbons (Fsp3) is 0.562. The van der Waals surface area contributed by atoms with Gasteiger partial charge in [-0.05, 0) is 128 Å². The van der Waals surface area contributed by atoms with Gasteiger partial charge >= 0.3 is 0 Å². The summed E-state index contributed by atoms with van der Waals surface area (Å²) in [5, 5.41) is 14.2. The third-order valence-electron chi connectivity index (χ3n) is 8.06. The van der Waals surface area contributed by atoms with Crippen molar-refractivity contribution in [3.63, 3.8) is 0 Å². The molecule has 0 atom stereocenters. The van der Waals surface area contributed by atoms with E-state index in [1.165, 1.54) is 9.80 Å². The Balaban J connectivity index is 0.00000552. The molecule has 2 heterocycles. The number of hydrogen-bond acceptors (Lipinski definition) is 10. The summed E-state index contributed by atoms with van der Waals surface area (Å²) in [5.74, 6) is -1.56. The number of halogens is 1. The van der Waals surface area contributed by atoms with E-state index in [1.54, 1.807) is 24.3 Å². The molecule has 13 heteroatoms. The minimum absolute atomic E-state index is 0. The van der Waals surface area contributed by atoms with Gasteiger partial charge in [0.25, 0.3) is 23.6 Å². The average Bonchev–Trinajstić information content (AvgIpc) is 3.03. The summed E-state index contributed by atoms with van der Waals surface area (Å²) in [6.45, 7) is 8.65. The highest BCUT2D eigenvalue weighted by molar-refractivity contribution is 6.33. The van der Waals surface area contributed by atoms with Crippen LogP contribution in [0.1, 0.15) is 80.0 Å². The standard InChI is InChI=1S/C32H48N8O4.ClH/c33-11-1-13-35-15-3-17-37-19-5-21-39-29(41)23-7-9-25-28-26(10-8-24(27(23)28)30(39)42)32(44)40(31(25)43)22-6-20-38-18-4-16-36-14-2-12-34;/h7-10,35-38H,1-6,11-22,33-34H2;1H. The number of benzene rings is 2. The topological polar surface area (TPSA) is 175 Å². The molecule has 0 fully saturated rings. The molecule has 8 N–H and O–H groups in total. The van der Waals surface area contributed by atoms with E-state index >= 15 is 0 Å². The van der Waals surface area contributed by atoms with Crippen LogP contribution in [0, 0.1) is 0 Å². The third-order valence-corrected chi connectivity index (χ3v) is 8.06. The minimum atomic E-state index is -0.390. The molecule has 0 aromatic heterocycles. The van der Waals surface area contributed by atoms with Crippen molar-refractivity contribution >= 4 is 46.8 Å². The number of rotatable bonds is 22. The van der Waals surface area contributed by atoms with Crippen LogP contribution in [0.15, 0.2) is 24.3 Å². The van der Waals surface area contributed by atoms with Crippen molar-refractivity contribution in [2.75, 3.05) is 78.5 Å². The maximum Gasteiger partial charge on any atom is 0.261 e. The van der Waals surface area contributed by atoms with Crippen LogP contribution in [-0.2, 0) is 0 Å². The molecule has 2 aromatic carbocycles. The zero-order chi connectivity index (χ0) is 31.3. The largest absolute Gasteiger partial charge is 0.330 e. The van der Waals surface area contributed by atoms with Crippen LogP contribution in [0.3, 0.4) is 0 Å². The fourth-order valence-corrected chi connectivity index (χ4v) is 5.74. The maximum atomic E-state index is 13.4. The molecular formula is C32H49ClN8O4. The SMILES string of the molecule is Cl.NCCCNCCCNCCCN1C(=O)c2ccc3c4c(ccc(c24)C1=O)C(=O)N(CCCNCCCNCCCN)C3=O. The molecule has 2 aromatic rings. The van der Waals surface area contributed by atoms with Crippen molar-refractivity contribution in [3.05, 3.63) is 46.5 Å². The number of carbonyl (C=O) groups excluding carboxylic acids is 4. The Bertz CT molecular complexity index is 1150. The summed E-state index contributed by atoms with van der Waals surface area (Å²) in [4.78, 5) is 56.3. The fourth-order valence-electron chi connectivity index (χ4n) is 5.74. The lowest BCUT2D eigenvalue weighted by Gasteiger charge is -2.32. The molecule has 4 rings (SSSR count). The zero-order valence-corrected chi connectivity index (χ0v) is 26.9. The van der Waals surface area contributed by atoms with Crippen molar-refractivity contribution in [2.45, 2.75) is 38.5 Å². The lowest BCUT2D eigenvalue weighted by Crippen LogP contribution is -2.44. The first-order valence-corrected chi connectivity index (χ1v) is 16.1. The van der Waals surface area contributed by atoms with E-state index in [0.29, 0.717) is 72.0 Å². The van der Waals surface area contributed by atoms with Gasteiger partial charge in [-0.15, -0.1) is 12.4 Å². The number of nitrogens with two attached hydrogens (primary N) is 2. The van der Waals surface area contributed by atoms with Crippen LogP contribution >= 0.6 is 12.4 Å². The van der Waals surface area contributed by atoms with E-state index in [9.17, 15) is 19.2 Å². The number of carbonyl (C=O) groups is 4. The summed E-state index contributed by atoms with van der Waals surface area (Å²) >= 11 is 0. The van der Waals surface area contributed by atoms with Crippen molar-refractivity contribution < 1.29 is 19.2 Å². The molecule has 0 spiro atoms. The maximum absolute atomic E-state index is 13.4. The van der Waals surface area contributed by atoms with Gasteiger partial charge in [0.2, 0.25) is 0 Å². The number of hydrogen-bond donors (Lipinski definition) is 6. The highest BCUT2D eigenvalue weighted by Crippen LogP contribution is 2.37. The van der Waals surface area contributed by atoms with Gasteiger partial charge < -0.3 is 32.7 Å². The summed E-state index contributed by atoms with van der Waals surface area (Å²) < 4.78 is 0. The average molecular weight is 645 g/mol. The van der Waals surface area contributed by atoms with E-state index in [1.807, 2.05) is 0 Å². The predicted octanol–water partition coefficient (Wildman–Crippen LogP) is 1.07. The Labute approximate surface area is 271 Å². The molecule has 4 amide bonds. The highest BCUT2D eigenvalue weighted by atomic mass is 35.5. The molecule has 2 aliphatic heterocycles. The summed E-state index contributed by atoms with van der Waals surface area (Å²) in [6.07, 6.45) is 5.13. The van der Waals surface area contributed by atoms with Gasteiger partial charge in [-0.25, -0.2) is 0 Å². The van der Waals surface area contributed by atoms with E-state index in [0.717, 1.165) is 65.0 Å². The van der Waals surface area contributed by atoms with Gasteiger partial charge in [0.15, 0.2) is 0 Å². The van der Waals surface area contributed by atoms with Gasteiger partial charge in [-0.3, -0.25) is 29.0 Å². The number of nitrogens with one attached hydrogen (secondary N) is 4. The highest BCUT2D eigenvalue weighted by Gasteiger charge is 2.39. The first-order chi connectivity index (χ1) is 21.5. The van der Waals surface area contributed by atoms with E-state index < -0.39 is 23.6 Å². The number of imide groups is 2. The second-order valence-electron chi connectivity index (χ2n) is 11.3. The van der Waals surface area contributed by atoms with Gasteiger partial charge in [-0.2, -0.15) is 0 Å². The van der Waals surface area contributed by atoms with Crippen LogP contribution in [0.25, 0.3) is 10.8 Å². The first-order valence-electron chi connectivity index (χ1n) is 16.1. The molecule has 12 nitrogen and oxygen atoms in total. The van der Waals surface area contributed by atoms with Crippen LogP contribution in [0.4, 0.5) is 0 Å². The Morgan fingerprint density at radius 1 is 0.444 bits per heavy atom. The molecular weight excluding hydrogens is 596 g/mol. The molecule has 2 aliphatic rings. The van der Waals surface area contributed by atoms with Crippen LogP contribution in [0.5, 0.6) is 0 Å². The molecule has 0 bridgehead atoms. The molecule has 248 valence electrons. The Morgan fingerprint density at radius 3 is 1.00 bits per heavy atom.